The highest BCUT2D eigenvalue weighted by molar-refractivity contribution is 5.89. The molecule has 0 aliphatic heterocycles. The van der Waals surface area contributed by atoms with E-state index in [1.807, 2.05) is 6.92 Å². The number of amides is 2. The van der Waals surface area contributed by atoms with Gasteiger partial charge < -0.3 is 15.4 Å². The van der Waals surface area contributed by atoms with Crippen LogP contribution in [-0.4, -0.2) is 19.2 Å². The Hall–Kier alpha value is -1.85. The lowest BCUT2D eigenvalue weighted by molar-refractivity contribution is -0.0497. The Morgan fingerprint density at radius 3 is 2.88 bits per heavy atom. The zero-order chi connectivity index (χ0) is 12.7. The van der Waals surface area contributed by atoms with E-state index in [0.717, 1.165) is 6.42 Å². The highest BCUT2D eigenvalue weighted by atomic mass is 19.3. The van der Waals surface area contributed by atoms with Gasteiger partial charge in [0.05, 0.1) is 0 Å². The number of rotatable bonds is 5. The fraction of sp³-hybridized carbons (Fsp3) is 0.364. The van der Waals surface area contributed by atoms with Gasteiger partial charge in [0, 0.05) is 18.3 Å². The molecule has 0 atom stereocenters. The number of alkyl halides is 2. The summed E-state index contributed by atoms with van der Waals surface area (Å²) in [6.45, 7) is -0.393. The van der Waals surface area contributed by atoms with Crippen molar-refractivity contribution in [1.82, 2.24) is 5.32 Å². The maximum atomic E-state index is 12.0. The number of carbonyl (C=O) groups is 1. The maximum Gasteiger partial charge on any atom is 0.387 e. The van der Waals surface area contributed by atoms with Crippen LogP contribution in [0.3, 0.4) is 0 Å². The van der Waals surface area contributed by atoms with Crippen molar-refractivity contribution in [1.29, 1.82) is 0 Å². The first-order valence-corrected chi connectivity index (χ1v) is 5.21. The van der Waals surface area contributed by atoms with Gasteiger partial charge in [-0.2, -0.15) is 8.78 Å². The van der Waals surface area contributed by atoms with Crippen LogP contribution in [0.15, 0.2) is 24.3 Å². The Morgan fingerprint density at radius 1 is 1.47 bits per heavy atom. The van der Waals surface area contributed by atoms with Crippen LogP contribution in [0, 0.1) is 0 Å². The normalized spacial score (nSPS) is 10.1. The number of hydrogen-bond donors (Lipinski definition) is 2. The van der Waals surface area contributed by atoms with Gasteiger partial charge in [0.2, 0.25) is 0 Å². The Balaban J connectivity index is 2.56. The molecule has 0 fully saturated rings. The Kier molecular flexibility index (Phi) is 5.19. The van der Waals surface area contributed by atoms with Crippen LogP contribution < -0.4 is 15.4 Å². The largest absolute Gasteiger partial charge is 0.435 e. The van der Waals surface area contributed by atoms with E-state index in [0.29, 0.717) is 12.2 Å². The van der Waals surface area contributed by atoms with Gasteiger partial charge in [0.15, 0.2) is 0 Å². The predicted octanol–water partition coefficient (Wildman–Crippen LogP) is 2.82. The molecule has 0 bridgehead atoms. The molecule has 0 heterocycles. The van der Waals surface area contributed by atoms with Crippen LogP contribution in [0.2, 0.25) is 0 Å². The van der Waals surface area contributed by atoms with Gasteiger partial charge in [-0.3, -0.25) is 0 Å². The van der Waals surface area contributed by atoms with E-state index in [4.69, 9.17) is 0 Å². The molecule has 0 saturated carbocycles. The maximum absolute atomic E-state index is 12.0. The molecule has 1 aromatic carbocycles. The number of ether oxygens (including phenoxy) is 1. The molecule has 6 heteroatoms. The molecule has 0 saturated heterocycles. The lowest BCUT2D eigenvalue weighted by Crippen LogP contribution is -2.29. The molecule has 1 rings (SSSR count). The van der Waals surface area contributed by atoms with Crippen LogP contribution in [-0.2, 0) is 0 Å². The van der Waals surface area contributed by atoms with Crippen LogP contribution in [0.4, 0.5) is 19.3 Å². The van der Waals surface area contributed by atoms with Gasteiger partial charge >= 0.3 is 12.6 Å². The Bertz CT molecular complexity index is 372. The first kappa shape index (κ1) is 13.2. The molecule has 0 unspecified atom stereocenters. The van der Waals surface area contributed by atoms with E-state index in [1.165, 1.54) is 18.2 Å². The van der Waals surface area contributed by atoms with Crippen molar-refractivity contribution in [2.24, 2.45) is 0 Å². The molecular formula is C11H14F2N2O2. The standard InChI is InChI=1S/C11H14F2N2O2/c1-2-6-14-11(16)15-8-4-3-5-9(7-8)17-10(12)13/h3-5,7,10H,2,6H2,1H3,(H2,14,15,16). The number of anilines is 1. The Labute approximate surface area is 98.0 Å². The minimum Gasteiger partial charge on any atom is -0.435 e. The third kappa shape index (κ3) is 5.14. The molecule has 0 aliphatic rings. The predicted molar refractivity (Wildman–Crippen MR) is 60.4 cm³/mol. The van der Waals surface area contributed by atoms with Crippen molar-refractivity contribution in [3.8, 4) is 5.75 Å². The number of halogens is 2. The molecule has 0 aliphatic carbocycles. The quantitative estimate of drug-likeness (QED) is 0.836. The van der Waals surface area contributed by atoms with Gasteiger partial charge in [-0.05, 0) is 18.6 Å². The fourth-order valence-corrected chi connectivity index (χ4v) is 1.16. The lowest BCUT2D eigenvalue weighted by Gasteiger charge is -2.08. The second kappa shape index (κ2) is 6.67. The van der Waals surface area contributed by atoms with E-state index in [9.17, 15) is 13.6 Å². The van der Waals surface area contributed by atoms with Crippen molar-refractivity contribution >= 4 is 11.7 Å². The van der Waals surface area contributed by atoms with Crippen LogP contribution in [0.25, 0.3) is 0 Å². The van der Waals surface area contributed by atoms with E-state index >= 15 is 0 Å². The first-order valence-electron chi connectivity index (χ1n) is 5.21. The van der Waals surface area contributed by atoms with Gasteiger partial charge in [-0.25, -0.2) is 4.79 Å². The fourth-order valence-electron chi connectivity index (χ4n) is 1.16. The summed E-state index contributed by atoms with van der Waals surface area (Å²) in [5.41, 5.74) is 0.400. The van der Waals surface area contributed by atoms with E-state index in [1.54, 1.807) is 6.07 Å². The molecule has 0 aromatic heterocycles. The molecule has 2 amide bonds. The number of benzene rings is 1. The summed E-state index contributed by atoms with van der Waals surface area (Å²) in [5, 5.41) is 5.12. The summed E-state index contributed by atoms with van der Waals surface area (Å²) >= 11 is 0. The molecule has 0 spiro atoms. The third-order valence-electron chi connectivity index (χ3n) is 1.85. The van der Waals surface area contributed by atoms with Crippen molar-refractivity contribution in [3.63, 3.8) is 0 Å². The highest BCUT2D eigenvalue weighted by Crippen LogP contribution is 2.19. The second-order valence-electron chi connectivity index (χ2n) is 3.29. The minimum atomic E-state index is -2.88. The average molecular weight is 244 g/mol. The summed E-state index contributed by atoms with van der Waals surface area (Å²) in [5.74, 6) is 0.00768. The number of hydrogen-bond acceptors (Lipinski definition) is 2. The van der Waals surface area contributed by atoms with Crippen molar-refractivity contribution in [2.45, 2.75) is 20.0 Å². The SMILES string of the molecule is CCCNC(=O)Nc1cccc(OC(F)F)c1. The third-order valence-corrected chi connectivity index (χ3v) is 1.85. The number of nitrogens with one attached hydrogen (secondary N) is 2. The molecule has 4 nitrogen and oxygen atoms in total. The van der Waals surface area contributed by atoms with E-state index in [2.05, 4.69) is 15.4 Å². The van der Waals surface area contributed by atoms with E-state index in [-0.39, 0.29) is 11.8 Å². The smallest absolute Gasteiger partial charge is 0.387 e. The van der Waals surface area contributed by atoms with Crippen LogP contribution in [0.1, 0.15) is 13.3 Å². The second-order valence-corrected chi connectivity index (χ2v) is 3.29. The summed E-state index contributed by atoms with van der Waals surface area (Å²) in [6, 6.07) is 5.46. The minimum absolute atomic E-state index is 0.00768. The van der Waals surface area contributed by atoms with Gasteiger partial charge in [0.1, 0.15) is 5.75 Å². The topological polar surface area (TPSA) is 50.4 Å². The highest BCUT2D eigenvalue weighted by Gasteiger charge is 2.06. The molecule has 94 valence electrons. The zero-order valence-corrected chi connectivity index (χ0v) is 9.37. The number of urea groups is 1. The molecule has 17 heavy (non-hydrogen) atoms. The molecule has 1 aromatic rings. The van der Waals surface area contributed by atoms with Gasteiger partial charge in [-0.1, -0.05) is 13.0 Å². The summed E-state index contributed by atoms with van der Waals surface area (Å²) in [6.07, 6.45) is 0.821. The summed E-state index contributed by atoms with van der Waals surface area (Å²) in [4.78, 5) is 11.3. The first-order chi connectivity index (χ1) is 8.11. The average Bonchev–Trinajstić information content (AvgIpc) is 2.26. The van der Waals surface area contributed by atoms with Gasteiger partial charge in [-0.15, -0.1) is 0 Å². The van der Waals surface area contributed by atoms with Crippen LogP contribution >= 0.6 is 0 Å². The summed E-state index contributed by atoms with van der Waals surface area (Å²) < 4.78 is 28.1. The number of carbonyl (C=O) groups excluding carboxylic acids is 1. The van der Waals surface area contributed by atoms with Crippen LogP contribution in [0.5, 0.6) is 5.75 Å². The zero-order valence-electron chi connectivity index (χ0n) is 9.37. The van der Waals surface area contributed by atoms with Crippen molar-refractivity contribution < 1.29 is 18.3 Å². The molecule has 0 radical (unpaired) electrons. The Morgan fingerprint density at radius 2 is 2.24 bits per heavy atom. The van der Waals surface area contributed by atoms with Gasteiger partial charge in [0.25, 0.3) is 0 Å². The monoisotopic (exact) mass is 244 g/mol. The van der Waals surface area contributed by atoms with Crippen molar-refractivity contribution in [3.05, 3.63) is 24.3 Å². The summed E-state index contributed by atoms with van der Waals surface area (Å²) in [7, 11) is 0. The van der Waals surface area contributed by atoms with Crippen molar-refractivity contribution in [2.75, 3.05) is 11.9 Å². The molecule has 2 N–H and O–H groups in total. The van der Waals surface area contributed by atoms with E-state index < -0.39 is 6.61 Å². The molecular weight excluding hydrogens is 230 g/mol. The lowest BCUT2D eigenvalue weighted by atomic mass is 10.3.